The van der Waals surface area contributed by atoms with E-state index >= 15 is 0 Å². The molecule has 2 aliphatic heterocycles. The summed E-state index contributed by atoms with van der Waals surface area (Å²) in [4.78, 5) is 28.2. The number of amides is 1. The minimum absolute atomic E-state index is 0.0564. The lowest BCUT2D eigenvalue weighted by Gasteiger charge is -2.36. The number of carbonyl (C=O) groups is 1. The van der Waals surface area contributed by atoms with Gasteiger partial charge in [0.15, 0.2) is 5.16 Å². The van der Waals surface area contributed by atoms with Gasteiger partial charge in [-0.1, -0.05) is 47.6 Å². The highest BCUT2D eigenvalue weighted by Crippen LogP contribution is 2.27. The average molecular weight is 585 g/mol. The van der Waals surface area contributed by atoms with Gasteiger partial charge < -0.3 is 19.9 Å². The van der Waals surface area contributed by atoms with Gasteiger partial charge in [0.05, 0.1) is 18.9 Å². The molecule has 1 amide bonds. The third-order valence-electron chi connectivity index (χ3n) is 7.08. The number of rotatable bonds is 10. The van der Waals surface area contributed by atoms with Crippen molar-refractivity contribution in [3.05, 3.63) is 76.7 Å². The molecule has 5 rings (SSSR count). The van der Waals surface area contributed by atoms with Gasteiger partial charge in [-0.2, -0.15) is 0 Å². The second-order valence-corrected chi connectivity index (χ2v) is 11.1. The zero-order valence-corrected chi connectivity index (χ0v) is 24.0. The van der Waals surface area contributed by atoms with Gasteiger partial charge in [0.25, 0.3) is 5.91 Å². The van der Waals surface area contributed by atoms with Gasteiger partial charge in [-0.05, 0) is 42.8 Å². The van der Waals surface area contributed by atoms with E-state index in [1.54, 1.807) is 12.1 Å². The SMILES string of the molecule is O=C(NCCCN1CCOCC1)c1ccc(CSc2nc(Cl)cc(N3CCN(c4ccccc4F)CC3)n2)cc1. The molecular formula is C29H34ClFN6O2S. The van der Waals surface area contributed by atoms with Crippen molar-refractivity contribution in [3.8, 4) is 0 Å². The van der Waals surface area contributed by atoms with Crippen LogP contribution in [0.2, 0.25) is 5.15 Å². The Morgan fingerprint density at radius 1 is 0.975 bits per heavy atom. The lowest BCUT2D eigenvalue weighted by atomic mass is 10.1. The van der Waals surface area contributed by atoms with Gasteiger partial charge in [0.2, 0.25) is 0 Å². The van der Waals surface area contributed by atoms with Crippen molar-refractivity contribution in [3.63, 3.8) is 0 Å². The van der Waals surface area contributed by atoms with E-state index in [-0.39, 0.29) is 11.7 Å². The van der Waals surface area contributed by atoms with Gasteiger partial charge in [-0.3, -0.25) is 9.69 Å². The number of aromatic nitrogens is 2. The number of thioether (sulfide) groups is 1. The lowest BCUT2D eigenvalue weighted by molar-refractivity contribution is 0.0374. The molecule has 2 saturated heterocycles. The van der Waals surface area contributed by atoms with Gasteiger partial charge in [0.1, 0.15) is 16.8 Å². The van der Waals surface area contributed by atoms with Gasteiger partial charge >= 0.3 is 0 Å². The van der Waals surface area contributed by atoms with Crippen molar-refractivity contribution in [1.82, 2.24) is 20.2 Å². The first-order chi connectivity index (χ1) is 19.5. The monoisotopic (exact) mass is 584 g/mol. The molecule has 11 heteroatoms. The second kappa shape index (κ2) is 14.1. The summed E-state index contributed by atoms with van der Waals surface area (Å²) >= 11 is 7.85. The van der Waals surface area contributed by atoms with Crippen molar-refractivity contribution in [2.24, 2.45) is 0 Å². The molecule has 0 radical (unpaired) electrons. The van der Waals surface area contributed by atoms with Gasteiger partial charge in [-0.15, -0.1) is 0 Å². The fraction of sp³-hybridized carbons (Fsp3) is 0.414. The molecule has 0 atom stereocenters. The quantitative estimate of drug-likeness (QED) is 0.163. The molecule has 2 aliphatic rings. The van der Waals surface area contributed by atoms with Crippen molar-refractivity contribution >= 4 is 40.8 Å². The predicted octanol–water partition coefficient (Wildman–Crippen LogP) is 4.34. The molecule has 212 valence electrons. The number of benzene rings is 2. The van der Waals surface area contributed by atoms with Gasteiger partial charge in [-0.25, -0.2) is 14.4 Å². The maximum atomic E-state index is 14.2. The molecule has 1 aromatic heterocycles. The maximum Gasteiger partial charge on any atom is 0.251 e. The molecular weight excluding hydrogens is 551 g/mol. The summed E-state index contributed by atoms with van der Waals surface area (Å²) in [6.07, 6.45) is 0.920. The summed E-state index contributed by atoms with van der Waals surface area (Å²) in [5.74, 6) is 1.17. The van der Waals surface area contributed by atoms with Crippen LogP contribution in [0.3, 0.4) is 0 Å². The highest BCUT2D eigenvalue weighted by Gasteiger charge is 2.21. The minimum atomic E-state index is -0.201. The predicted molar refractivity (Wildman–Crippen MR) is 158 cm³/mol. The molecule has 3 aromatic rings. The average Bonchev–Trinajstić information content (AvgIpc) is 2.99. The van der Waals surface area contributed by atoms with E-state index in [2.05, 4.69) is 25.0 Å². The Morgan fingerprint density at radius 2 is 1.70 bits per heavy atom. The number of nitrogens with zero attached hydrogens (tertiary/aromatic N) is 5. The van der Waals surface area contributed by atoms with E-state index < -0.39 is 0 Å². The van der Waals surface area contributed by atoms with E-state index in [0.717, 1.165) is 50.7 Å². The fourth-order valence-corrected chi connectivity index (χ4v) is 5.87. The Labute approximate surface area is 243 Å². The number of carbonyl (C=O) groups excluding carboxylic acids is 1. The van der Waals surface area contributed by atoms with Crippen LogP contribution >= 0.6 is 23.4 Å². The topological polar surface area (TPSA) is 73.8 Å². The summed E-state index contributed by atoms with van der Waals surface area (Å²) in [5, 5.41) is 4.00. The third-order valence-corrected chi connectivity index (χ3v) is 8.19. The summed E-state index contributed by atoms with van der Waals surface area (Å²) < 4.78 is 19.6. The number of anilines is 2. The van der Waals surface area contributed by atoms with Crippen molar-refractivity contribution in [2.45, 2.75) is 17.3 Å². The number of ether oxygens (including phenoxy) is 1. The van der Waals surface area contributed by atoms with E-state index in [1.165, 1.54) is 17.8 Å². The Kier molecular flexibility index (Phi) is 10.1. The molecule has 3 heterocycles. The number of nitrogens with one attached hydrogen (secondary N) is 1. The molecule has 0 spiro atoms. The Morgan fingerprint density at radius 3 is 2.45 bits per heavy atom. The lowest BCUT2D eigenvalue weighted by Crippen LogP contribution is -2.47. The molecule has 0 unspecified atom stereocenters. The van der Waals surface area contributed by atoms with Crippen molar-refractivity contribution in [2.75, 3.05) is 75.4 Å². The summed E-state index contributed by atoms with van der Waals surface area (Å²) in [6, 6.07) is 16.3. The van der Waals surface area contributed by atoms with E-state index in [1.807, 2.05) is 36.4 Å². The zero-order valence-electron chi connectivity index (χ0n) is 22.4. The van der Waals surface area contributed by atoms with Crippen molar-refractivity contribution < 1.29 is 13.9 Å². The molecule has 0 saturated carbocycles. The smallest absolute Gasteiger partial charge is 0.251 e. The van der Waals surface area contributed by atoms with Crippen molar-refractivity contribution in [1.29, 1.82) is 0 Å². The Balaban J connectivity index is 1.09. The van der Waals surface area contributed by atoms with E-state index in [4.69, 9.17) is 21.3 Å². The van der Waals surface area contributed by atoms with Crippen LogP contribution in [0.5, 0.6) is 0 Å². The number of hydrogen-bond acceptors (Lipinski definition) is 8. The molecule has 0 bridgehead atoms. The van der Waals surface area contributed by atoms with Crippen LogP contribution in [0.4, 0.5) is 15.9 Å². The second-order valence-electron chi connectivity index (χ2n) is 9.81. The largest absolute Gasteiger partial charge is 0.379 e. The first-order valence-electron chi connectivity index (χ1n) is 13.6. The van der Waals surface area contributed by atoms with Crippen LogP contribution < -0.4 is 15.1 Å². The van der Waals surface area contributed by atoms with E-state index in [9.17, 15) is 9.18 Å². The summed E-state index contributed by atoms with van der Waals surface area (Å²) in [7, 11) is 0. The number of piperazine rings is 1. The van der Waals surface area contributed by atoms with Gasteiger partial charge in [0, 0.05) is 63.2 Å². The molecule has 0 aliphatic carbocycles. The van der Waals surface area contributed by atoms with Crippen LogP contribution in [0.15, 0.2) is 59.8 Å². The first-order valence-corrected chi connectivity index (χ1v) is 15.0. The molecule has 8 nitrogen and oxygen atoms in total. The van der Waals surface area contributed by atoms with Crippen LogP contribution in [0.1, 0.15) is 22.3 Å². The third kappa shape index (κ3) is 7.84. The molecule has 1 N–H and O–H groups in total. The number of halogens is 2. The summed E-state index contributed by atoms with van der Waals surface area (Å²) in [6.45, 7) is 7.93. The maximum absolute atomic E-state index is 14.2. The number of para-hydroxylation sites is 1. The molecule has 2 aromatic carbocycles. The summed E-state index contributed by atoms with van der Waals surface area (Å²) in [5.41, 5.74) is 2.35. The first kappa shape index (κ1) is 28.6. The minimum Gasteiger partial charge on any atom is -0.379 e. The number of morpholine rings is 1. The van der Waals surface area contributed by atoms with Crippen LogP contribution in [0.25, 0.3) is 0 Å². The highest BCUT2D eigenvalue weighted by molar-refractivity contribution is 7.98. The Hall–Kier alpha value is -2.92. The zero-order chi connectivity index (χ0) is 27.7. The Bertz CT molecular complexity index is 1270. The van der Waals surface area contributed by atoms with Crippen LogP contribution in [-0.4, -0.2) is 86.3 Å². The molecule has 2 fully saturated rings. The standard InChI is InChI=1S/C29H34ClFN6O2S/c30-26-20-27(37-14-12-36(13-15-37)25-5-2-1-4-24(25)31)34-29(33-26)40-21-22-6-8-23(9-7-22)28(38)32-10-3-11-35-16-18-39-19-17-35/h1-2,4-9,20H,3,10-19,21H2,(H,32,38). The highest BCUT2D eigenvalue weighted by atomic mass is 35.5. The fourth-order valence-electron chi connectivity index (χ4n) is 4.83. The normalized spacial score (nSPS) is 16.2. The molecule has 40 heavy (non-hydrogen) atoms. The van der Waals surface area contributed by atoms with E-state index in [0.29, 0.717) is 60.0 Å². The van der Waals surface area contributed by atoms with Crippen LogP contribution in [-0.2, 0) is 10.5 Å². The van der Waals surface area contributed by atoms with Crippen LogP contribution in [0, 0.1) is 5.82 Å². The number of hydrogen-bond donors (Lipinski definition) is 1.